The van der Waals surface area contributed by atoms with Gasteiger partial charge >= 0.3 is 17.1 Å². The molecule has 0 atom stereocenters. The smallest absolute Gasteiger partial charge is 0.227 e. The molecule has 0 amide bonds. The fourth-order valence-electron chi connectivity index (χ4n) is 2.54. The molecule has 2 aliphatic carbocycles. The number of aliphatic imine (C=N–C) groups is 1. The zero-order valence-corrected chi connectivity index (χ0v) is 17.5. The van der Waals surface area contributed by atoms with E-state index >= 15 is 0 Å². The number of nitrogens with zero attached hydrogens (tertiary/aromatic N) is 5. The van der Waals surface area contributed by atoms with Crippen LogP contribution in [0.25, 0.3) is 5.00 Å². The largest absolute Gasteiger partial charge is 2.00 e. The van der Waals surface area contributed by atoms with Crippen LogP contribution >= 0.6 is 11.3 Å². The van der Waals surface area contributed by atoms with Crippen molar-refractivity contribution in [3.63, 3.8) is 0 Å². The SMILES string of the molecule is Fc1ccc(/C=N/c2nc([C]3[CH][CH][CH][CH]3)c(-n3cncn3)s2)cc1.[CH]1[CH][CH][CH][CH]1.[Fe+2]. The zero-order chi connectivity index (χ0) is 19.9. The van der Waals surface area contributed by atoms with Gasteiger partial charge in [0.1, 0.15) is 23.5 Å². The first-order valence-electron chi connectivity index (χ1n) is 8.84. The van der Waals surface area contributed by atoms with Crippen LogP contribution in [0, 0.1) is 69.5 Å². The van der Waals surface area contributed by atoms with Crippen LogP contribution in [0.2, 0.25) is 0 Å². The topological polar surface area (TPSA) is 56.0 Å². The Morgan fingerprint density at radius 3 is 2.20 bits per heavy atom. The molecule has 5 nitrogen and oxygen atoms in total. The summed E-state index contributed by atoms with van der Waals surface area (Å²) in [6, 6.07) is 6.14. The molecule has 2 fully saturated rings. The number of halogens is 1. The van der Waals surface area contributed by atoms with Gasteiger partial charge in [0.05, 0.1) is 5.69 Å². The van der Waals surface area contributed by atoms with E-state index in [4.69, 9.17) is 0 Å². The van der Waals surface area contributed by atoms with E-state index in [1.165, 1.54) is 29.8 Å². The minimum Gasteiger partial charge on any atom is -0.227 e. The van der Waals surface area contributed by atoms with E-state index in [0.29, 0.717) is 5.13 Å². The van der Waals surface area contributed by atoms with Crippen LogP contribution in [0.5, 0.6) is 0 Å². The van der Waals surface area contributed by atoms with Gasteiger partial charge in [-0.25, -0.2) is 24.0 Å². The van der Waals surface area contributed by atoms with E-state index in [2.05, 4.69) is 20.1 Å². The summed E-state index contributed by atoms with van der Waals surface area (Å²) in [5, 5.41) is 5.63. The van der Waals surface area contributed by atoms with E-state index in [1.54, 1.807) is 29.4 Å². The molecule has 2 saturated carbocycles. The predicted octanol–water partition coefficient (Wildman–Crippen LogP) is 4.39. The second-order valence-electron chi connectivity index (χ2n) is 5.94. The summed E-state index contributed by atoms with van der Waals surface area (Å²) in [6.07, 6.45) is 22.7. The van der Waals surface area contributed by atoms with Gasteiger partial charge in [0.2, 0.25) is 5.13 Å². The van der Waals surface area contributed by atoms with Crippen LogP contribution in [0.3, 0.4) is 0 Å². The molecule has 5 rings (SSSR count). The van der Waals surface area contributed by atoms with Crippen LogP contribution in [-0.4, -0.2) is 26.0 Å². The van der Waals surface area contributed by atoms with E-state index in [1.807, 2.05) is 57.8 Å². The summed E-state index contributed by atoms with van der Waals surface area (Å²) < 4.78 is 14.6. The van der Waals surface area contributed by atoms with Crippen molar-refractivity contribution in [2.75, 3.05) is 0 Å². The van der Waals surface area contributed by atoms with Crippen LogP contribution in [0.4, 0.5) is 9.52 Å². The first kappa shape index (κ1) is 22.8. The fraction of sp³-hybridized carbons (Fsp3) is 0. The van der Waals surface area contributed by atoms with Gasteiger partial charge in [0, 0.05) is 12.1 Å². The van der Waals surface area contributed by atoms with Crippen molar-refractivity contribution in [1.82, 2.24) is 19.7 Å². The van der Waals surface area contributed by atoms with E-state index in [-0.39, 0.29) is 22.9 Å². The Morgan fingerprint density at radius 2 is 1.60 bits per heavy atom. The first-order chi connectivity index (χ1) is 14.3. The summed E-state index contributed by atoms with van der Waals surface area (Å²) in [4.78, 5) is 13.0. The molecule has 8 heteroatoms. The number of rotatable bonds is 4. The molecule has 30 heavy (non-hydrogen) atoms. The molecular weight excluding hydrogens is 441 g/mol. The molecule has 2 aromatic heterocycles. The monoisotopic (exact) mass is 457 g/mol. The molecule has 2 heterocycles. The maximum Gasteiger partial charge on any atom is 2.00 e. The standard InChI is InChI=1S/C17H11FN5S.C5H5.Fe/c18-14-7-5-12(6-8-14)9-20-17-22-15(13-3-1-2-4-13)16(24-17)23-11-19-10-21-23;1-2-4-5-3-1;/h1-11H;1-5H;/q;;+2/b20-9+;;. The Labute approximate surface area is 191 Å². The molecule has 0 unspecified atom stereocenters. The average Bonchev–Trinajstić information content (AvgIpc) is 3.55. The molecule has 3 aromatic rings. The van der Waals surface area contributed by atoms with E-state index in [0.717, 1.165) is 22.2 Å². The van der Waals surface area contributed by atoms with Gasteiger partial charge in [0.15, 0.2) is 0 Å². The molecule has 2 aliphatic rings. The molecule has 1 aromatic carbocycles. The van der Waals surface area contributed by atoms with Gasteiger partial charge in [-0.05, 0) is 75.5 Å². The van der Waals surface area contributed by atoms with Crippen molar-refractivity contribution in [2.24, 2.45) is 4.99 Å². The minimum absolute atomic E-state index is 0. The molecule has 0 saturated heterocycles. The first-order valence-corrected chi connectivity index (χ1v) is 9.65. The Balaban J connectivity index is 0.000000376. The molecule has 0 bridgehead atoms. The Kier molecular flexibility index (Phi) is 8.73. The second kappa shape index (κ2) is 11.5. The molecule has 148 valence electrons. The van der Waals surface area contributed by atoms with Crippen molar-refractivity contribution in [2.45, 2.75) is 0 Å². The zero-order valence-electron chi connectivity index (χ0n) is 15.6. The predicted molar refractivity (Wildman–Crippen MR) is 112 cm³/mol. The van der Waals surface area contributed by atoms with E-state index in [9.17, 15) is 4.39 Å². The second-order valence-corrected chi connectivity index (χ2v) is 6.89. The number of aromatic nitrogens is 4. The third kappa shape index (κ3) is 6.06. The normalized spacial score (nSPS) is 16.4. The number of hydrogen-bond donors (Lipinski definition) is 0. The fourth-order valence-corrected chi connectivity index (χ4v) is 3.41. The van der Waals surface area contributed by atoms with Crippen molar-refractivity contribution < 1.29 is 21.5 Å². The van der Waals surface area contributed by atoms with Crippen LogP contribution in [0.1, 0.15) is 11.3 Å². The van der Waals surface area contributed by atoms with Gasteiger partial charge in [-0.1, -0.05) is 23.5 Å². The summed E-state index contributed by atoms with van der Waals surface area (Å²) in [6.45, 7) is 0. The van der Waals surface area contributed by atoms with Crippen LogP contribution < -0.4 is 0 Å². The summed E-state index contributed by atoms with van der Waals surface area (Å²) in [5.41, 5.74) is 1.62. The summed E-state index contributed by atoms with van der Waals surface area (Å²) in [7, 11) is 0. The summed E-state index contributed by atoms with van der Waals surface area (Å²) in [5.74, 6) is 0.730. The number of hydrogen-bond acceptors (Lipinski definition) is 5. The molecule has 0 N–H and O–H groups in total. The number of thiazole rings is 1. The maximum absolute atomic E-state index is 12.9. The van der Waals surface area contributed by atoms with Crippen LogP contribution in [0.15, 0.2) is 41.9 Å². The minimum atomic E-state index is -0.270. The molecule has 0 spiro atoms. The van der Waals surface area contributed by atoms with Gasteiger partial charge in [-0.15, -0.1) is 0 Å². The Morgan fingerprint density at radius 1 is 0.933 bits per heavy atom. The average molecular weight is 457 g/mol. The maximum atomic E-state index is 12.9. The van der Waals surface area contributed by atoms with Gasteiger partial charge in [-0.2, -0.15) is 5.10 Å². The third-order valence-electron chi connectivity index (χ3n) is 3.91. The van der Waals surface area contributed by atoms with Crippen molar-refractivity contribution in [3.05, 3.63) is 118 Å². The molecule has 10 radical (unpaired) electrons. The third-order valence-corrected chi connectivity index (χ3v) is 4.86. The van der Waals surface area contributed by atoms with Gasteiger partial charge < -0.3 is 0 Å². The quantitative estimate of drug-likeness (QED) is 0.432. The van der Waals surface area contributed by atoms with E-state index < -0.39 is 0 Å². The van der Waals surface area contributed by atoms with Crippen molar-refractivity contribution in [3.8, 4) is 5.00 Å². The van der Waals surface area contributed by atoms with Crippen LogP contribution in [-0.2, 0) is 17.1 Å². The van der Waals surface area contributed by atoms with Gasteiger partial charge in [0.25, 0.3) is 0 Å². The Hall–Kier alpha value is -1.89. The Bertz CT molecular complexity index is 906. The van der Waals surface area contributed by atoms with Crippen molar-refractivity contribution >= 4 is 22.7 Å². The van der Waals surface area contributed by atoms with Gasteiger partial charge in [-0.3, -0.25) is 0 Å². The van der Waals surface area contributed by atoms with Crippen molar-refractivity contribution in [1.29, 1.82) is 0 Å². The molecular formula is C22H16FFeN5S+2. The number of benzene rings is 1. The summed E-state index contributed by atoms with van der Waals surface area (Å²) >= 11 is 1.42. The molecule has 0 aliphatic heterocycles.